The smallest absolute Gasteiger partial charge is 0.0359 e. The predicted octanol–water partition coefficient (Wildman–Crippen LogP) is 3.06. The van der Waals surface area contributed by atoms with E-state index in [1.165, 1.54) is 51.7 Å². The van der Waals surface area contributed by atoms with E-state index >= 15 is 0 Å². The van der Waals surface area contributed by atoms with Crippen molar-refractivity contribution < 1.29 is 0 Å². The van der Waals surface area contributed by atoms with Crippen LogP contribution in [0.15, 0.2) is 11.4 Å². The van der Waals surface area contributed by atoms with Gasteiger partial charge in [-0.05, 0) is 81.7 Å². The van der Waals surface area contributed by atoms with Crippen LogP contribution in [0.2, 0.25) is 0 Å². The highest BCUT2D eigenvalue weighted by molar-refractivity contribution is 7.10. The van der Waals surface area contributed by atoms with Gasteiger partial charge in [-0.1, -0.05) is 0 Å². The van der Waals surface area contributed by atoms with Crippen LogP contribution in [0.1, 0.15) is 42.2 Å². The predicted molar refractivity (Wildman–Crippen MR) is 78.2 cm³/mol. The van der Waals surface area contributed by atoms with Gasteiger partial charge < -0.3 is 5.32 Å². The molecule has 0 spiro atoms. The fourth-order valence-electron chi connectivity index (χ4n) is 3.60. The van der Waals surface area contributed by atoms with Crippen LogP contribution in [0.5, 0.6) is 0 Å². The van der Waals surface area contributed by atoms with E-state index in [4.69, 9.17) is 0 Å². The van der Waals surface area contributed by atoms with Crippen LogP contribution in [0.25, 0.3) is 0 Å². The first kappa shape index (κ1) is 12.6. The van der Waals surface area contributed by atoms with Gasteiger partial charge in [-0.2, -0.15) is 0 Å². The molecule has 0 amide bonds. The van der Waals surface area contributed by atoms with E-state index < -0.39 is 0 Å². The number of rotatable bonds is 3. The number of thiophene rings is 1. The van der Waals surface area contributed by atoms with Crippen LogP contribution in [-0.2, 0) is 6.42 Å². The quantitative estimate of drug-likeness (QED) is 0.902. The highest BCUT2D eigenvalue weighted by Gasteiger charge is 2.29. The maximum absolute atomic E-state index is 3.33. The molecule has 1 aromatic heterocycles. The zero-order chi connectivity index (χ0) is 12.4. The number of piperidine rings is 1. The Morgan fingerprint density at radius 3 is 2.94 bits per heavy atom. The van der Waals surface area contributed by atoms with Crippen LogP contribution in [0, 0.1) is 5.92 Å². The number of nitrogens with zero attached hydrogens (tertiary/aromatic N) is 1. The summed E-state index contributed by atoms with van der Waals surface area (Å²) in [7, 11) is 2.07. The van der Waals surface area contributed by atoms with Crippen LogP contribution >= 0.6 is 11.3 Å². The summed E-state index contributed by atoms with van der Waals surface area (Å²) in [4.78, 5) is 4.40. The Kier molecular flexibility index (Phi) is 4.02. The maximum atomic E-state index is 3.33. The number of likely N-dealkylation sites (tertiary alicyclic amines) is 1. The lowest BCUT2D eigenvalue weighted by Gasteiger charge is -2.39. The van der Waals surface area contributed by atoms with Gasteiger partial charge in [-0.3, -0.25) is 4.90 Å². The summed E-state index contributed by atoms with van der Waals surface area (Å²) in [6.07, 6.45) is 6.82. The first-order valence-electron chi connectivity index (χ1n) is 7.33. The molecule has 1 fully saturated rings. The summed E-state index contributed by atoms with van der Waals surface area (Å²) >= 11 is 1.97. The lowest BCUT2D eigenvalue weighted by molar-refractivity contribution is 0.121. The summed E-state index contributed by atoms with van der Waals surface area (Å²) < 4.78 is 0. The Balaban J connectivity index is 1.64. The molecule has 2 nitrogen and oxygen atoms in total. The van der Waals surface area contributed by atoms with E-state index in [-0.39, 0.29) is 0 Å². The van der Waals surface area contributed by atoms with Crippen LogP contribution in [0.3, 0.4) is 0 Å². The van der Waals surface area contributed by atoms with E-state index in [1.54, 1.807) is 10.4 Å². The molecule has 1 saturated heterocycles. The summed E-state index contributed by atoms with van der Waals surface area (Å²) in [6.45, 7) is 3.79. The Bertz CT molecular complexity index is 380. The van der Waals surface area contributed by atoms with Crippen molar-refractivity contribution in [3.8, 4) is 0 Å². The molecule has 3 heteroatoms. The first-order chi connectivity index (χ1) is 8.88. The summed E-state index contributed by atoms with van der Waals surface area (Å²) in [6, 6.07) is 3.11. The maximum Gasteiger partial charge on any atom is 0.0359 e. The van der Waals surface area contributed by atoms with Crippen LogP contribution in [-0.4, -0.2) is 31.6 Å². The zero-order valence-electron chi connectivity index (χ0n) is 11.3. The topological polar surface area (TPSA) is 15.3 Å². The number of hydrogen-bond acceptors (Lipinski definition) is 3. The Morgan fingerprint density at radius 1 is 1.33 bits per heavy atom. The molecule has 100 valence electrons. The van der Waals surface area contributed by atoms with Gasteiger partial charge in [0.05, 0.1) is 0 Å². The monoisotopic (exact) mass is 264 g/mol. The molecule has 2 aliphatic rings. The number of fused-ring (bicyclic) bond motifs is 1. The second kappa shape index (κ2) is 5.72. The third-order valence-corrected chi connectivity index (χ3v) is 5.60. The average Bonchev–Trinajstić information content (AvgIpc) is 2.88. The molecule has 0 saturated carbocycles. The molecule has 1 atom stereocenters. The fourth-order valence-corrected chi connectivity index (χ4v) is 4.58. The molecule has 0 aromatic carbocycles. The highest BCUT2D eigenvalue weighted by Crippen LogP contribution is 2.38. The van der Waals surface area contributed by atoms with Crippen molar-refractivity contribution in [3.63, 3.8) is 0 Å². The van der Waals surface area contributed by atoms with Gasteiger partial charge in [-0.15, -0.1) is 11.3 Å². The van der Waals surface area contributed by atoms with E-state index in [9.17, 15) is 0 Å². The van der Waals surface area contributed by atoms with E-state index in [1.807, 2.05) is 11.3 Å². The number of nitrogens with one attached hydrogen (secondary N) is 1. The largest absolute Gasteiger partial charge is 0.319 e. The molecular formula is C15H24N2S. The Hall–Kier alpha value is -0.380. The molecule has 3 rings (SSSR count). The van der Waals surface area contributed by atoms with Crippen molar-refractivity contribution in [1.29, 1.82) is 0 Å². The van der Waals surface area contributed by atoms with E-state index in [2.05, 4.69) is 28.7 Å². The first-order valence-corrected chi connectivity index (χ1v) is 8.21. The van der Waals surface area contributed by atoms with Gasteiger partial charge in [0.15, 0.2) is 0 Å². The van der Waals surface area contributed by atoms with Gasteiger partial charge in [0.25, 0.3) is 0 Å². The molecule has 0 radical (unpaired) electrons. The second-order valence-corrected chi connectivity index (χ2v) is 6.74. The van der Waals surface area contributed by atoms with Crippen molar-refractivity contribution in [2.24, 2.45) is 5.92 Å². The van der Waals surface area contributed by atoms with Crippen molar-refractivity contribution >= 4 is 11.3 Å². The van der Waals surface area contributed by atoms with Gasteiger partial charge in [0, 0.05) is 10.9 Å². The lowest BCUT2D eigenvalue weighted by Crippen LogP contribution is -2.39. The Labute approximate surface area is 114 Å². The summed E-state index contributed by atoms with van der Waals surface area (Å²) in [5, 5.41) is 5.61. The van der Waals surface area contributed by atoms with Crippen molar-refractivity contribution in [2.45, 2.75) is 38.1 Å². The molecule has 1 aliphatic heterocycles. The zero-order valence-corrected chi connectivity index (χ0v) is 12.1. The molecule has 1 unspecified atom stereocenters. The molecule has 0 bridgehead atoms. The number of hydrogen-bond donors (Lipinski definition) is 1. The normalized spacial score (nSPS) is 26.2. The summed E-state index contributed by atoms with van der Waals surface area (Å²) in [5.74, 6) is 0.900. The molecule has 18 heavy (non-hydrogen) atoms. The third-order valence-electron chi connectivity index (χ3n) is 4.60. The average molecular weight is 264 g/mol. The molecule has 1 N–H and O–H groups in total. The van der Waals surface area contributed by atoms with Gasteiger partial charge in [-0.25, -0.2) is 0 Å². The minimum Gasteiger partial charge on any atom is -0.319 e. The minimum atomic E-state index is 0.732. The highest BCUT2D eigenvalue weighted by atomic mass is 32.1. The second-order valence-electron chi connectivity index (χ2n) is 5.74. The Morgan fingerprint density at radius 2 is 2.17 bits per heavy atom. The number of aryl methyl sites for hydroxylation is 1. The standard InChI is InChI=1S/C15H24N2S/c1-16-11-12-5-8-17(9-6-12)14-3-2-4-15-13(14)7-10-18-15/h7,10,12,14,16H,2-6,8-9,11H2,1H3. The van der Waals surface area contributed by atoms with Gasteiger partial charge in [0.2, 0.25) is 0 Å². The lowest BCUT2D eigenvalue weighted by atomic mass is 9.89. The molecule has 2 heterocycles. The van der Waals surface area contributed by atoms with Crippen LogP contribution in [0.4, 0.5) is 0 Å². The molecular weight excluding hydrogens is 240 g/mol. The van der Waals surface area contributed by atoms with Gasteiger partial charge >= 0.3 is 0 Å². The molecule has 1 aromatic rings. The molecule has 1 aliphatic carbocycles. The third kappa shape index (κ3) is 2.49. The van der Waals surface area contributed by atoms with Crippen molar-refractivity contribution in [1.82, 2.24) is 10.2 Å². The van der Waals surface area contributed by atoms with Crippen molar-refractivity contribution in [2.75, 3.05) is 26.7 Å². The van der Waals surface area contributed by atoms with E-state index in [0.29, 0.717) is 0 Å². The minimum absolute atomic E-state index is 0.732. The van der Waals surface area contributed by atoms with Gasteiger partial charge in [0.1, 0.15) is 0 Å². The fraction of sp³-hybridized carbons (Fsp3) is 0.733. The van der Waals surface area contributed by atoms with Crippen molar-refractivity contribution in [3.05, 3.63) is 21.9 Å². The van der Waals surface area contributed by atoms with Crippen LogP contribution < -0.4 is 5.32 Å². The summed E-state index contributed by atoms with van der Waals surface area (Å²) in [5.41, 5.74) is 1.65. The SMILES string of the molecule is CNCC1CCN(C2CCCc3sccc32)CC1. The van der Waals surface area contributed by atoms with E-state index in [0.717, 1.165) is 12.0 Å².